The first-order valence-corrected chi connectivity index (χ1v) is 13.5. The number of aromatic nitrogens is 2. The van der Waals surface area contributed by atoms with Crippen molar-refractivity contribution >= 4 is 62.6 Å². The van der Waals surface area contributed by atoms with Crippen molar-refractivity contribution in [3.05, 3.63) is 34.5 Å². The number of amides is 1. The first kappa shape index (κ1) is 23.1. The third-order valence-electron chi connectivity index (χ3n) is 6.68. The second-order valence-electron chi connectivity index (χ2n) is 8.77. The number of nitrogens with zero attached hydrogens (tertiary/aromatic N) is 3. The van der Waals surface area contributed by atoms with Crippen LogP contribution < -0.4 is 16.5 Å². The molecule has 1 aliphatic heterocycles. The van der Waals surface area contributed by atoms with Gasteiger partial charge in [-0.2, -0.15) is 0 Å². The Morgan fingerprint density at radius 3 is 3.03 bits per heavy atom. The van der Waals surface area contributed by atoms with E-state index in [0.29, 0.717) is 25.4 Å². The molecule has 0 unspecified atom stereocenters. The zero-order chi connectivity index (χ0) is 23.8. The van der Waals surface area contributed by atoms with Crippen molar-refractivity contribution in [2.45, 2.75) is 37.1 Å². The Morgan fingerprint density at radius 2 is 2.26 bits per heavy atom. The van der Waals surface area contributed by atoms with Crippen molar-refractivity contribution in [3.8, 4) is 0 Å². The van der Waals surface area contributed by atoms with Crippen LogP contribution in [0.1, 0.15) is 29.3 Å². The summed E-state index contributed by atoms with van der Waals surface area (Å²) in [5.74, 6) is 1.03. The standard InChI is InChI=1S/C24H28N6O2S2/c1-13-11-32-6-5-30(13)24(31)14-3-4-16-19(8-14)34-23-21(16)22(27-12-28-23)29-18-7-15(10-25)17(26)9-20(18)33-2/h7,9-10,12-14,25H,3-6,8,11,26H2,1-2H3,(H,27,28,29)/p+1/t13-,14-/m0/s1. The lowest BCUT2D eigenvalue weighted by Gasteiger charge is -2.36. The SMILES string of the molecule is CSc1cc(N)c(C=[NH2+])cc1Nc1ncnc2sc3c(c12)CC[C@H](C(=O)N1CCOC[C@@H]1C)C3. The minimum atomic E-state index is 0.00771. The summed E-state index contributed by atoms with van der Waals surface area (Å²) in [5, 5.41) is 10.3. The van der Waals surface area contributed by atoms with Gasteiger partial charge in [0.25, 0.3) is 0 Å². The summed E-state index contributed by atoms with van der Waals surface area (Å²) in [6.45, 7) is 3.97. The van der Waals surface area contributed by atoms with Crippen LogP contribution in [0.2, 0.25) is 0 Å². The van der Waals surface area contributed by atoms with Gasteiger partial charge in [0.1, 0.15) is 17.0 Å². The van der Waals surface area contributed by atoms with E-state index in [4.69, 9.17) is 15.9 Å². The van der Waals surface area contributed by atoms with Crippen LogP contribution in [0.4, 0.5) is 17.2 Å². The van der Waals surface area contributed by atoms with Crippen LogP contribution in [0.15, 0.2) is 23.4 Å². The van der Waals surface area contributed by atoms with Crippen molar-refractivity contribution in [1.29, 1.82) is 0 Å². The van der Waals surface area contributed by atoms with E-state index >= 15 is 0 Å². The number of fused-ring (bicyclic) bond motifs is 3. The Kier molecular flexibility index (Phi) is 6.46. The van der Waals surface area contributed by atoms with Gasteiger partial charge in [0, 0.05) is 27.9 Å². The monoisotopic (exact) mass is 497 g/mol. The second-order valence-corrected chi connectivity index (χ2v) is 10.7. The van der Waals surface area contributed by atoms with Crippen LogP contribution in [-0.2, 0) is 22.4 Å². The van der Waals surface area contributed by atoms with E-state index < -0.39 is 0 Å². The van der Waals surface area contributed by atoms with Crippen LogP contribution >= 0.6 is 23.1 Å². The molecule has 2 aromatic heterocycles. The molecule has 3 aromatic rings. The summed E-state index contributed by atoms with van der Waals surface area (Å²) in [7, 11) is 0. The lowest BCUT2D eigenvalue weighted by atomic mass is 9.86. The highest BCUT2D eigenvalue weighted by Gasteiger charge is 2.34. The fourth-order valence-electron chi connectivity index (χ4n) is 4.86. The molecule has 2 atom stereocenters. The van der Waals surface area contributed by atoms with Gasteiger partial charge in [-0.05, 0) is 50.1 Å². The molecule has 5 rings (SSSR count). The van der Waals surface area contributed by atoms with Crippen molar-refractivity contribution in [3.63, 3.8) is 0 Å². The molecule has 34 heavy (non-hydrogen) atoms. The number of nitrogens with two attached hydrogens (primary N) is 2. The number of aryl methyl sites for hydroxylation is 1. The quantitative estimate of drug-likeness (QED) is 0.281. The topological polar surface area (TPSA) is 119 Å². The third kappa shape index (κ3) is 4.14. The van der Waals surface area contributed by atoms with Gasteiger partial charge in [-0.3, -0.25) is 10.2 Å². The average molecular weight is 498 g/mol. The summed E-state index contributed by atoms with van der Waals surface area (Å²) in [6.07, 6.45) is 7.55. The van der Waals surface area contributed by atoms with E-state index in [9.17, 15) is 4.79 Å². The zero-order valence-electron chi connectivity index (χ0n) is 19.3. The molecule has 1 aromatic carbocycles. The predicted molar refractivity (Wildman–Crippen MR) is 138 cm³/mol. The maximum Gasteiger partial charge on any atom is 0.226 e. The van der Waals surface area contributed by atoms with Gasteiger partial charge >= 0.3 is 0 Å². The third-order valence-corrected chi connectivity index (χ3v) is 8.62. The number of nitrogens with one attached hydrogen (secondary N) is 1. The van der Waals surface area contributed by atoms with E-state index in [1.165, 1.54) is 16.7 Å². The number of ether oxygens (including phenoxy) is 1. The fourth-order valence-corrected chi connectivity index (χ4v) is 6.70. The number of thioether (sulfide) groups is 1. The number of morpholine rings is 1. The molecule has 2 aliphatic rings. The Hall–Kier alpha value is -2.69. The molecule has 0 spiro atoms. The first-order valence-electron chi connectivity index (χ1n) is 11.4. The molecular formula is C24H29N6O2S2+. The number of nitrogen functional groups attached to an aromatic ring is 1. The van der Waals surface area contributed by atoms with E-state index in [0.717, 1.165) is 51.4 Å². The number of carbonyl (C=O) groups excluding carboxylic acids is 1. The Bertz CT molecular complexity index is 1260. The van der Waals surface area contributed by atoms with E-state index in [1.807, 2.05) is 23.3 Å². The first-order chi connectivity index (χ1) is 16.5. The second kappa shape index (κ2) is 9.52. The number of carbonyl (C=O) groups is 1. The summed E-state index contributed by atoms with van der Waals surface area (Å²) < 4.78 is 5.51. The molecule has 1 saturated heterocycles. The van der Waals surface area contributed by atoms with Crippen molar-refractivity contribution < 1.29 is 14.9 Å². The number of hydrogen-bond donors (Lipinski definition) is 3. The fraction of sp³-hybridized carbons (Fsp3) is 0.417. The average Bonchev–Trinajstić information content (AvgIpc) is 3.23. The summed E-state index contributed by atoms with van der Waals surface area (Å²) in [4.78, 5) is 27.6. The summed E-state index contributed by atoms with van der Waals surface area (Å²) in [6, 6.07) is 4.01. The number of thiophene rings is 1. The van der Waals surface area contributed by atoms with Crippen LogP contribution in [0.3, 0.4) is 0 Å². The maximum absolute atomic E-state index is 13.3. The molecule has 178 valence electrons. The smallest absolute Gasteiger partial charge is 0.226 e. The molecule has 0 radical (unpaired) electrons. The molecule has 3 heterocycles. The number of hydrogen-bond acceptors (Lipinski definition) is 8. The van der Waals surface area contributed by atoms with Crippen LogP contribution in [-0.4, -0.2) is 59.0 Å². The van der Waals surface area contributed by atoms with Crippen LogP contribution in [0.25, 0.3) is 10.2 Å². The molecule has 0 bridgehead atoms. The normalized spacial score (nSPS) is 20.2. The minimum absolute atomic E-state index is 0.00771. The van der Waals surface area contributed by atoms with Crippen LogP contribution in [0, 0.1) is 5.92 Å². The lowest BCUT2D eigenvalue weighted by molar-refractivity contribution is -0.143. The molecule has 1 amide bonds. The van der Waals surface area contributed by atoms with Gasteiger partial charge in [0.2, 0.25) is 5.91 Å². The Morgan fingerprint density at radius 1 is 1.41 bits per heavy atom. The molecule has 5 N–H and O–H groups in total. The summed E-state index contributed by atoms with van der Waals surface area (Å²) in [5.41, 5.74) is 9.70. The van der Waals surface area contributed by atoms with Crippen molar-refractivity contribution in [2.24, 2.45) is 5.92 Å². The van der Waals surface area contributed by atoms with Crippen LogP contribution in [0.5, 0.6) is 0 Å². The number of anilines is 3. The van der Waals surface area contributed by atoms with Crippen molar-refractivity contribution in [2.75, 3.05) is 37.1 Å². The Balaban J connectivity index is 1.46. The molecule has 1 aliphatic carbocycles. The van der Waals surface area contributed by atoms with Gasteiger partial charge in [-0.15, -0.1) is 23.1 Å². The van der Waals surface area contributed by atoms with Gasteiger partial charge in [-0.25, -0.2) is 9.97 Å². The molecule has 1 fully saturated rings. The Labute approximate surface area is 206 Å². The van der Waals surface area contributed by atoms with Gasteiger partial charge < -0.3 is 20.7 Å². The summed E-state index contributed by atoms with van der Waals surface area (Å²) >= 11 is 3.29. The van der Waals surface area contributed by atoms with Crippen molar-refractivity contribution in [1.82, 2.24) is 14.9 Å². The highest BCUT2D eigenvalue weighted by Crippen LogP contribution is 2.42. The highest BCUT2D eigenvalue weighted by molar-refractivity contribution is 7.98. The predicted octanol–water partition coefficient (Wildman–Crippen LogP) is 2.27. The van der Waals surface area contributed by atoms with E-state index in [2.05, 4.69) is 22.2 Å². The molecule has 10 heteroatoms. The highest BCUT2D eigenvalue weighted by atomic mass is 32.2. The van der Waals surface area contributed by atoms with Gasteiger partial charge in [-0.1, -0.05) is 0 Å². The maximum atomic E-state index is 13.3. The van der Waals surface area contributed by atoms with Gasteiger partial charge in [0.15, 0.2) is 6.21 Å². The number of rotatable bonds is 5. The van der Waals surface area contributed by atoms with E-state index in [1.54, 1.807) is 29.4 Å². The molecule has 8 nitrogen and oxygen atoms in total. The molecule has 0 saturated carbocycles. The minimum Gasteiger partial charge on any atom is -0.398 e. The molecular weight excluding hydrogens is 468 g/mol. The zero-order valence-corrected chi connectivity index (χ0v) is 21.0. The number of benzene rings is 1. The van der Waals surface area contributed by atoms with E-state index in [-0.39, 0.29) is 17.9 Å². The van der Waals surface area contributed by atoms with Gasteiger partial charge in [0.05, 0.1) is 35.9 Å². The lowest BCUT2D eigenvalue weighted by Crippen LogP contribution is -2.50. The largest absolute Gasteiger partial charge is 0.398 e.